The second-order valence-electron chi connectivity index (χ2n) is 5.05. The zero-order valence-corrected chi connectivity index (χ0v) is 12.8. The number of ether oxygens (including phenoxy) is 2. The van der Waals surface area contributed by atoms with E-state index in [9.17, 15) is 15.0 Å². The molecule has 1 aliphatic heterocycles. The predicted molar refractivity (Wildman–Crippen MR) is 80.1 cm³/mol. The summed E-state index contributed by atoms with van der Waals surface area (Å²) < 4.78 is 11.1. The van der Waals surface area contributed by atoms with E-state index in [-0.39, 0.29) is 18.0 Å². The summed E-state index contributed by atoms with van der Waals surface area (Å²) in [6, 6.07) is 8.64. The molecule has 0 saturated carbocycles. The molecule has 0 aliphatic carbocycles. The minimum Gasteiger partial charge on any atom is -0.455 e. The van der Waals surface area contributed by atoms with E-state index in [1.54, 1.807) is 24.3 Å². The first-order valence-electron chi connectivity index (χ1n) is 6.81. The molecule has 116 valence electrons. The first kappa shape index (κ1) is 16.3. The average molecular weight is 312 g/mol. The second-order valence-corrected chi connectivity index (χ2v) is 5.98. The Bertz CT molecular complexity index is 450. The molecule has 1 saturated heterocycles. The molecule has 2 unspecified atom stereocenters. The molecule has 1 heterocycles. The molecular weight excluding hydrogens is 292 g/mol. The van der Waals surface area contributed by atoms with Gasteiger partial charge in [-0.1, -0.05) is 25.1 Å². The maximum atomic E-state index is 12.2. The molecule has 0 aromatic heterocycles. The van der Waals surface area contributed by atoms with Crippen LogP contribution in [0.4, 0.5) is 0 Å². The molecule has 6 heteroatoms. The highest BCUT2D eigenvalue weighted by Crippen LogP contribution is 2.33. The molecule has 0 amide bonds. The Balaban J connectivity index is 2.13. The zero-order chi connectivity index (χ0) is 15.4. The standard InChI is InChI=1S/C15H20O5S/c1-9-13(12(17)11(8-16)19-15(9)21-2)20-14(18)10-6-4-3-5-7-10/h3-7,9,11-13,15-17H,8H2,1-2H3/t9-,11?,12+,13?,15-/m0/s1. The van der Waals surface area contributed by atoms with E-state index in [0.717, 1.165) is 0 Å². The van der Waals surface area contributed by atoms with Gasteiger partial charge < -0.3 is 19.7 Å². The SMILES string of the molecule is CS[C@@H]1OC(CO)[C@@H](O)C(OC(=O)c2ccccc2)[C@@H]1C. The highest BCUT2D eigenvalue weighted by atomic mass is 32.2. The van der Waals surface area contributed by atoms with Gasteiger partial charge in [-0.05, 0) is 18.4 Å². The van der Waals surface area contributed by atoms with Crippen molar-refractivity contribution < 1.29 is 24.5 Å². The number of carbonyl (C=O) groups excluding carboxylic acids is 1. The van der Waals surface area contributed by atoms with Crippen LogP contribution in [-0.4, -0.2) is 52.8 Å². The summed E-state index contributed by atoms with van der Waals surface area (Å²) in [6.45, 7) is 1.55. The van der Waals surface area contributed by atoms with Crippen molar-refractivity contribution in [1.82, 2.24) is 0 Å². The maximum absolute atomic E-state index is 12.2. The van der Waals surface area contributed by atoms with Crippen LogP contribution in [0.15, 0.2) is 30.3 Å². The van der Waals surface area contributed by atoms with E-state index < -0.39 is 24.3 Å². The lowest BCUT2D eigenvalue weighted by molar-refractivity contribution is -0.182. The summed E-state index contributed by atoms with van der Waals surface area (Å²) in [6.07, 6.45) is -0.613. The number of esters is 1. The van der Waals surface area contributed by atoms with Gasteiger partial charge >= 0.3 is 5.97 Å². The van der Waals surface area contributed by atoms with Gasteiger partial charge in [-0.3, -0.25) is 0 Å². The molecule has 1 aliphatic rings. The largest absolute Gasteiger partial charge is 0.455 e. The smallest absolute Gasteiger partial charge is 0.338 e. The Hall–Kier alpha value is -1.08. The summed E-state index contributed by atoms with van der Waals surface area (Å²) in [4.78, 5) is 12.2. The summed E-state index contributed by atoms with van der Waals surface area (Å²) in [5, 5.41) is 19.5. The van der Waals surface area contributed by atoms with Crippen molar-refractivity contribution in [3.63, 3.8) is 0 Å². The topological polar surface area (TPSA) is 76.0 Å². The molecule has 5 nitrogen and oxygen atoms in total. The van der Waals surface area contributed by atoms with E-state index in [4.69, 9.17) is 9.47 Å². The number of aliphatic hydroxyl groups excluding tert-OH is 2. The average Bonchev–Trinajstić information content (AvgIpc) is 2.52. The monoisotopic (exact) mass is 312 g/mol. The summed E-state index contributed by atoms with van der Waals surface area (Å²) in [5.41, 5.74) is 0.198. The van der Waals surface area contributed by atoms with E-state index in [2.05, 4.69) is 0 Å². The molecule has 1 aromatic rings. The lowest BCUT2D eigenvalue weighted by Crippen LogP contribution is -2.55. The minimum atomic E-state index is -1.04. The normalized spacial score (nSPS) is 32.7. The number of hydrogen-bond donors (Lipinski definition) is 2. The first-order chi connectivity index (χ1) is 10.1. The molecular formula is C15H20O5S. The number of rotatable bonds is 4. The quantitative estimate of drug-likeness (QED) is 0.816. The molecule has 21 heavy (non-hydrogen) atoms. The Morgan fingerprint density at radius 2 is 2.05 bits per heavy atom. The molecule has 0 bridgehead atoms. The fourth-order valence-corrected chi connectivity index (χ4v) is 3.26. The van der Waals surface area contributed by atoms with Crippen LogP contribution in [-0.2, 0) is 9.47 Å². The summed E-state index contributed by atoms with van der Waals surface area (Å²) >= 11 is 1.47. The lowest BCUT2D eigenvalue weighted by Gasteiger charge is -2.42. The maximum Gasteiger partial charge on any atom is 0.338 e. The molecule has 5 atom stereocenters. The fourth-order valence-electron chi connectivity index (χ4n) is 2.42. The third kappa shape index (κ3) is 3.58. The van der Waals surface area contributed by atoms with Gasteiger partial charge in [0.1, 0.15) is 23.7 Å². The third-order valence-corrected chi connectivity index (χ3v) is 4.64. The van der Waals surface area contributed by atoms with Crippen LogP contribution in [0.1, 0.15) is 17.3 Å². The van der Waals surface area contributed by atoms with Crippen molar-refractivity contribution in [3.05, 3.63) is 35.9 Å². The fraction of sp³-hybridized carbons (Fsp3) is 0.533. The number of thioether (sulfide) groups is 1. The molecule has 0 radical (unpaired) electrons. The Morgan fingerprint density at radius 3 is 2.62 bits per heavy atom. The van der Waals surface area contributed by atoms with Crippen LogP contribution in [0.25, 0.3) is 0 Å². The van der Waals surface area contributed by atoms with Gasteiger partial charge in [-0.15, -0.1) is 11.8 Å². The summed E-state index contributed by atoms with van der Waals surface area (Å²) in [5.74, 6) is -0.657. The zero-order valence-electron chi connectivity index (χ0n) is 12.0. The highest BCUT2D eigenvalue weighted by molar-refractivity contribution is 7.99. The van der Waals surface area contributed by atoms with Crippen LogP contribution in [0.2, 0.25) is 0 Å². The Morgan fingerprint density at radius 1 is 1.38 bits per heavy atom. The minimum absolute atomic E-state index is 0.175. The van der Waals surface area contributed by atoms with E-state index in [0.29, 0.717) is 5.56 Å². The van der Waals surface area contributed by atoms with Crippen LogP contribution >= 0.6 is 11.8 Å². The predicted octanol–water partition coefficient (Wildman–Crippen LogP) is 1.29. The van der Waals surface area contributed by atoms with Gasteiger partial charge in [0.15, 0.2) is 0 Å². The molecule has 1 aromatic carbocycles. The van der Waals surface area contributed by atoms with Crippen molar-refractivity contribution in [2.75, 3.05) is 12.9 Å². The van der Waals surface area contributed by atoms with Gasteiger partial charge in [0.2, 0.25) is 0 Å². The van der Waals surface area contributed by atoms with Crippen molar-refractivity contribution in [3.8, 4) is 0 Å². The van der Waals surface area contributed by atoms with Crippen LogP contribution in [0.3, 0.4) is 0 Å². The number of benzene rings is 1. The van der Waals surface area contributed by atoms with Crippen molar-refractivity contribution >= 4 is 17.7 Å². The first-order valence-corrected chi connectivity index (χ1v) is 8.10. The van der Waals surface area contributed by atoms with Gasteiger partial charge in [-0.25, -0.2) is 4.79 Å². The van der Waals surface area contributed by atoms with Crippen molar-refractivity contribution in [2.24, 2.45) is 5.92 Å². The Labute approximate surface area is 128 Å². The van der Waals surface area contributed by atoms with Gasteiger partial charge in [0.05, 0.1) is 12.2 Å². The van der Waals surface area contributed by atoms with E-state index in [1.165, 1.54) is 11.8 Å². The molecule has 1 fully saturated rings. The third-order valence-electron chi connectivity index (χ3n) is 3.64. The highest BCUT2D eigenvalue weighted by Gasteiger charge is 2.44. The van der Waals surface area contributed by atoms with Gasteiger partial charge in [0.25, 0.3) is 0 Å². The molecule has 2 rings (SSSR count). The van der Waals surface area contributed by atoms with Crippen molar-refractivity contribution in [2.45, 2.75) is 30.7 Å². The summed E-state index contributed by atoms with van der Waals surface area (Å²) in [7, 11) is 0. The van der Waals surface area contributed by atoms with Crippen molar-refractivity contribution in [1.29, 1.82) is 0 Å². The number of aliphatic hydroxyl groups is 2. The van der Waals surface area contributed by atoms with Crippen LogP contribution in [0.5, 0.6) is 0 Å². The van der Waals surface area contributed by atoms with Crippen LogP contribution < -0.4 is 0 Å². The molecule has 2 N–H and O–H groups in total. The second kappa shape index (κ2) is 7.26. The Kier molecular flexibility index (Phi) is 5.64. The van der Waals surface area contributed by atoms with Gasteiger partial charge in [0, 0.05) is 5.92 Å². The lowest BCUT2D eigenvalue weighted by atomic mass is 9.93. The van der Waals surface area contributed by atoms with E-state index in [1.807, 2.05) is 19.2 Å². The number of carbonyl (C=O) groups is 1. The van der Waals surface area contributed by atoms with Crippen LogP contribution in [0, 0.1) is 5.92 Å². The number of hydrogen-bond acceptors (Lipinski definition) is 6. The van der Waals surface area contributed by atoms with E-state index >= 15 is 0 Å². The van der Waals surface area contributed by atoms with Gasteiger partial charge in [-0.2, -0.15) is 0 Å². The molecule has 0 spiro atoms.